The van der Waals surface area contributed by atoms with Gasteiger partial charge in [0.25, 0.3) is 0 Å². The highest BCUT2D eigenvalue weighted by molar-refractivity contribution is 7.95. The van der Waals surface area contributed by atoms with Crippen molar-refractivity contribution >= 4 is 90.3 Å². The van der Waals surface area contributed by atoms with E-state index >= 15 is 0 Å². The van der Waals surface area contributed by atoms with Crippen LogP contribution in [0.2, 0.25) is 0 Å². The van der Waals surface area contributed by atoms with E-state index in [1.165, 1.54) is 0 Å². The third-order valence-corrected chi connectivity index (χ3v) is 7.09. The molecule has 0 aromatic heterocycles. The molecule has 0 aliphatic carbocycles. The summed E-state index contributed by atoms with van der Waals surface area (Å²) in [6, 6.07) is -5.69. The fourth-order valence-electron chi connectivity index (χ4n) is 2.56. The Hall–Kier alpha value is -1.38. The molecular weight excluding hydrogens is 695 g/mol. The molecule has 0 unspecified atom stereocenters. The fraction of sp³-hybridized carbons (Fsp3) is 0.688. The molecule has 4 atom stereocenters. The number of carbonyl (C=O) groups excluding carboxylic acids is 5. The van der Waals surface area contributed by atoms with Crippen LogP contribution in [0.15, 0.2) is 0 Å². The summed E-state index contributed by atoms with van der Waals surface area (Å²) in [5.74, 6) is -6.07. The van der Waals surface area contributed by atoms with E-state index in [1.54, 1.807) is 6.92 Å². The highest BCUT2D eigenvalue weighted by Gasteiger charge is 2.32. The molecule has 0 saturated carbocycles. The lowest BCUT2D eigenvalue weighted by Crippen LogP contribution is -2.60. The van der Waals surface area contributed by atoms with Gasteiger partial charge in [-0.2, -0.15) is 12.6 Å². The number of carbonyl (C=O) groups is 5. The molecule has 27 heteroatoms. The van der Waals surface area contributed by atoms with Crippen LogP contribution in [-0.2, 0) is 61.5 Å². The fourth-order valence-corrected chi connectivity index (χ4v) is 4.52. The van der Waals surface area contributed by atoms with E-state index in [9.17, 15) is 24.0 Å². The minimum atomic E-state index is -1.54. The molecule has 0 saturated heterocycles. The van der Waals surface area contributed by atoms with Gasteiger partial charge >= 0.3 is 0 Å². The Morgan fingerprint density at radius 2 is 0.884 bits per heavy atom. The van der Waals surface area contributed by atoms with E-state index in [2.05, 4.69) is 76.7 Å². The van der Waals surface area contributed by atoms with Crippen molar-refractivity contribution in [2.75, 3.05) is 35.3 Å². The maximum absolute atomic E-state index is 13.2. The normalized spacial score (nSPS) is 13.7. The Labute approximate surface area is 265 Å². The second-order valence-electron chi connectivity index (χ2n) is 7.06. The number of likely N-dealkylation sites (N-methyl/N-ethyl adjacent to an activating group) is 1. The van der Waals surface area contributed by atoms with Gasteiger partial charge in [0.15, 0.2) is 0 Å². The molecule has 0 bridgehead atoms. The summed E-state index contributed by atoms with van der Waals surface area (Å²) in [6.45, 7) is 1.80. The van der Waals surface area contributed by atoms with Gasteiger partial charge in [-0.3, -0.25) is 24.0 Å². The van der Waals surface area contributed by atoms with Crippen molar-refractivity contribution < 1.29 is 82.5 Å². The van der Waals surface area contributed by atoms with Crippen LogP contribution >= 0.6 is 60.8 Å². The molecule has 0 rings (SSSR count). The topological polar surface area (TPSA) is 300 Å². The lowest BCUT2D eigenvalue weighted by Gasteiger charge is -2.25. The van der Waals surface area contributed by atoms with Crippen LogP contribution in [0.4, 0.5) is 0 Å². The molecule has 0 heterocycles. The molecule has 250 valence electrons. The second kappa shape index (κ2) is 27.0. The largest absolute Gasteiger partial charge is 0.355 e. The molecule has 0 aromatic carbocycles. The molecule has 0 fully saturated rings. The second-order valence-corrected chi connectivity index (χ2v) is 10.2. The standard InChI is InChI=1S/C16H29N5O17S5/c1-2-17-13(23)8(4-40-35-31-27)19-15(25)10(6-42-37-33-29)21-16(26)11(7-43-38-34-30)20-14(24)9(5-41-36-32-28)18-12(22)3-39/h8-11,27-30,39H,2-7H2,1H3,(H,17,23)(H,18,22)(H,19,25)(H,20,24)(H,21,26)/t8-,9-,10-,11-/m0/s1. The summed E-state index contributed by atoms with van der Waals surface area (Å²) in [5, 5.41) is 59.0. The van der Waals surface area contributed by atoms with Gasteiger partial charge in [0.2, 0.25) is 29.5 Å². The Kier molecular flexibility index (Phi) is 26.1. The lowest BCUT2D eigenvalue weighted by atomic mass is 10.2. The van der Waals surface area contributed by atoms with E-state index in [4.69, 9.17) is 21.0 Å². The number of amides is 5. The lowest BCUT2D eigenvalue weighted by molar-refractivity contribution is -0.432. The average Bonchev–Trinajstić information content (AvgIpc) is 2.99. The van der Waals surface area contributed by atoms with Crippen LogP contribution in [-0.4, -0.2) is 110 Å². The first-order valence-corrected chi connectivity index (χ1v) is 15.4. The van der Waals surface area contributed by atoms with E-state index < -0.39 is 65.2 Å². The van der Waals surface area contributed by atoms with Crippen molar-refractivity contribution in [1.29, 1.82) is 0 Å². The zero-order valence-corrected chi connectivity index (χ0v) is 25.9. The van der Waals surface area contributed by atoms with E-state index in [-0.39, 0.29) is 23.8 Å². The van der Waals surface area contributed by atoms with Gasteiger partial charge in [-0.1, -0.05) is 20.2 Å². The number of hydrogen-bond acceptors (Lipinski definition) is 22. The predicted octanol–water partition coefficient (Wildman–Crippen LogP) is -1.73. The van der Waals surface area contributed by atoms with E-state index in [0.29, 0.717) is 48.2 Å². The first-order chi connectivity index (χ1) is 20.7. The van der Waals surface area contributed by atoms with Crippen LogP contribution in [0.5, 0.6) is 0 Å². The molecule has 9 N–H and O–H groups in total. The average molecular weight is 724 g/mol. The van der Waals surface area contributed by atoms with Crippen molar-refractivity contribution in [2.45, 2.75) is 31.1 Å². The van der Waals surface area contributed by atoms with Gasteiger partial charge in [0, 0.05) is 54.7 Å². The highest BCUT2D eigenvalue weighted by Crippen LogP contribution is 2.11. The molecule has 0 aromatic rings. The zero-order chi connectivity index (χ0) is 32.5. The number of thiol groups is 1. The quantitative estimate of drug-likeness (QED) is 0.0156. The van der Waals surface area contributed by atoms with Gasteiger partial charge < -0.3 is 26.6 Å². The minimum absolute atomic E-state index is 0.191. The molecule has 22 nitrogen and oxygen atoms in total. The van der Waals surface area contributed by atoms with Crippen LogP contribution in [0.3, 0.4) is 0 Å². The smallest absolute Gasteiger partial charge is 0.244 e. The van der Waals surface area contributed by atoms with Crippen molar-refractivity contribution in [3.05, 3.63) is 0 Å². The van der Waals surface area contributed by atoms with Crippen LogP contribution in [0.25, 0.3) is 0 Å². The first kappa shape index (κ1) is 41.6. The Bertz CT molecular complexity index is 840. The van der Waals surface area contributed by atoms with Gasteiger partial charge in [-0.25, -0.2) is 21.0 Å². The molecule has 43 heavy (non-hydrogen) atoms. The van der Waals surface area contributed by atoms with Crippen LogP contribution in [0.1, 0.15) is 6.92 Å². The monoisotopic (exact) mass is 723 g/mol. The first-order valence-electron chi connectivity index (χ1n) is 11.2. The highest BCUT2D eigenvalue weighted by atomic mass is 32.2. The molecule has 0 aliphatic heterocycles. The Morgan fingerprint density at radius 3 is 1.16 bits per heavy atom. The van der Waals surface area contributed by atoms with E-state index in [1.807, 2.05) is 0 Å². The Balaban J connectivity index is 5.86. The summed E-state index contributed by atoms with van der Waals surface area (Å²) < 4.78 is 17.0. The van der Waals surface area contributed by atoms with E-state index in [0.717, 1.165) is 0 Å². The molecule has 0 aliphatic rings. The van der Waals surface area contributed by atoms with Crippen LogP contribution in [0, 0.1) is 0 Å². The molecular formula is C16H29N5O17S5. The van der Waals surface area contributed by atoms with Crippen LogP contribution < -0.4 is 26.6 Å². The summed E-state index contributed by atoms with van der Waals surface area (Å²) in [7, 11) is 0. The van der Waals surface area contributed by atoms with Crippen molar-refractivity contribution in [1.82, 2.24) is 26.6 Å². The van der Waals surface area contributed by atoms with Crippen molar-refractivity contribution in [3.63, 3.8) is 0 Å². The maximum atomic E-state index is 13.2. The number of nitrogens with one attached hydrogen (secondary N) is 5. The Morgan fingerprint density at radius 1 is 0.581 bits per heavy atom. The SMILES string of the molecule is CCNC(=O)[C@H](CSOOO)NC(=O)[C@H](CSOOO)NC(=O)[C@H](CSOOO)NC(=O)[C@H](CSOOO)NC(=O)CS. The number of rotatable bonds is 26. The summed E-state index contributed by atoms with van der Waals surface area (Å²) in [6.07, 6.45) is 0. The van der Waals surface area contributed by atoms with Gasteiger partial charge in [-0.15, -0.1) is 17.3 Å². The van der Waals surface area contributed by atoms with Gasteiger partial charge in [0.05, 0.1) is 28.8 Å². The minimum Gasteiger partial charge on any atom is -0.355 e. The predicted molar refractivity (Wildman–Crippen MR) is 149 cm³/mol. The van der Waals surface area contributed by atoms with Crippen molar-refractivity contribution in [3.8, 4) is 0 Å². The summed E-state index contributed by atoms with van der Waals surface area (Å²) in [5.41, 5.74) is 0. The molecule has 5 amide bonds. The maximum Gasteiger partial charge on any atom is 0.244 e. The van der Waals surface area contributed by atoms with Gasteiger partial charge in [0.1, 0.15) is 24.2 Å². The third kappa shape index (κ3) is 19.6. The zero-order valence-electron chi connectivity index (χ0n) is 21.7. The van der Waals surface area contributed by atoms with Crippen molar-refractivity contribution in [2.24, 2.45) is 0 Å². The molecule has 0 radical (unpaired) electrons. The number of hydrogen-bond donors (Lipinski definition) is 10. The molecule has 0 spiro atoms. The third-order valence-electron chi connectivity index (χ3n) is 4.30. The summed E-state index contributed by atoms with van der Waals surface area (Å²) in [4.78, 5) is 63.3. The summed E-state index contributed by atoms with van der Waals surface area (Å²) >= 11 is 5.40. The van der Waals surface area contributed by atoms with Gasteiger partial charge in [-0.05, 0) is 6.92 Å².